The van der Waals surface area contributed by atoms with Crippen molar-refractivity contribution in [1.29, 1.82) is 0 Å². The van der Waals surface area contributed by atoms with E-state index in [1.165, 1.54) is 0 Å². The van der Waals surface area contributed by atoms with Crippen molar-refractivity contribution >= 4 is 0 Å². The van der Waals surface area contributed by atoms with Crippen molar-refractivity contribution in [2.75, 3.05) is 0 Å². The Kier molecular flexibility index (Phi) is 4.52. The molecule has 0 spiro atoms. The first-order chi connectivity index (χ1) is 2.00. The summed E-state index contributed by atoms with van der Waals surface area (Å²) in [5.41, 5.74) is -0.500. The van der Waals surface area contributed by atoms with Gasteiger partial charge in [0.15, 0.2) is 0 Å². The van der Waals surface area contributed by atoms with E-state index in [4.69, 9.17) is 5.11 Å². The van der Waals surface area contributed by atoms with E-state index in [-0.39, 0.29) is 21.1 Å². The Morgan fingerprint density at radius 1 is 1.17 bits per heavy atom. The molecule has 1 N–H and O–H groups in total. The molecule has 0 aromatic heterocycles. The van der Waals surface area contributed by atoms with Crippen molar-refractivity contribution in [1.82, 2.24) is 0 Å². The second-order valence-electron chi connectivity index (χ2n) is 2.17. The van der Waals surface area contributed by atoms with Crippen LogP contribution in [0, 0.1) is 0 Å². The Labute approximate surface area is 53.0 Å². The van der Waals surface area contributed by atoms with Crippen LogP contribution in [0.25, 0.3) is 0 Å². The van der Waals surface area contributed by atoms with Crippen LogP contribution in [0.1, 0.15) is 20.8 Å². The fraction of sp³-hybridized carbons (Fsp3) is 1.00. The minimum absolute atomic E-state index is 0. The summed E-state index contributed by atoms with van der Waals surface area (Å²) in [7, 11) is 0. The second kappa shape index (κ2) is 2.76. The Balaban J connectivity index is 0. The molecule has 0 heterocycles. The van der Waals surface area contributed by atoms with Crippen molar-refractivity contribution in [2.24, 2.45) is 0 Å². The number of hydrogen-bond donors (Lipinski definition) is 1. The van der Waals surface area contributed by atoms with E-state index in [1.54, 1.807) is 20.8 Å². The summed E-state index contributed by atoms with van der Waals surface area (Å²) < 4.78 is 0. The van der Waals surface area contributed by atoms with Gasteiger partial charge in [0.25, 0.3) is 0 Å². The molecule has 1 nitrogen and oxygen atoms in total. The minimum Gasteiger partial charge on any atom is -0.391 e. The molecule has 2 heteroatoms. The van der Waals surface area contributed by atoms with Gasteiger partial charge in [0, 0.05) is 21.1 Å². The predicted molar refractivity (Wildman–Crippen MR) is 22.0 cm³/mol. The quantitative estimate of drug-likeness (QED) is 0.680. The molecule has 0 rings (SSSR count). The van der Waals surface area contributed by atoms with Crippen molar-refractivity contribution in [3.8, 4) is 0 Å². The van der Waals surface area contributed by atoms with E-state index in [0.29, 0.717) is 0 Å². The third-order valence-corrected chi connectivity index (χ3v) is 0. The average Bonchev–Trinajstić information content (AvgIpc) is 0.722. The number of aliphatic hydroxyl groups is 1. The van der Waals surface area contributed by atoms with Gasteiger partial charge >= 0.3 is 0 Å². The first-order valence-corrected chi connectivity index (χ1v) is 1.72. The van der Waals surface area contributed by atoms with Crippen LogP contribution in [-0.4, -0.2) is 10.7 Å². The summed E-state index contributed by atoms with van der Waals surface area (Å²) in [6.45, 7) is 5.23. The van der Waals surface area contributed by atoms with Crippen LogP contribution in [0.4, 0.5) is 0 Å². The average molecular weight is 258 g/mol. The number of rotatable bonds is 0. The molecule has 38 valence electrons. The Morgan fingerprint density at radius 3 is 1.17 bits per heavy atom. The molecule has 0 aliphatic heterocycles. The monoisotopic (exact) mass is 258 g/mol. The summed E-state index contributed by atoms with van der Waals surface area (Å²) in [6, 6.07) is 0. The topological polar surface area (TPSA) is 20.2 Å². The fourth-order valence-electron chi connectivity index (χ4n) is 0. The zero-order valence-electron chi connectivity index (χ0n) is 4.36. The fourth-order valence-corrected chi connectivity index (χ4v) is 0. The Bertz CT molecular complexity index is 23.0. The molecule has 0 unspecified atom stereocenters. The van der Waals surface area contributed by atoms with E-state index in [0.717, 1.165) is 0 Å². The van der Waals surface area contributed by atoms with Gasteiger partial charge in [-0.3, -0.25) is 0 Å². The molecular formula is C4H10OW. The predicted octanol–water partition coefficient (Wildman–Crippen LogP) is 0.775. The molecule has 0 radical (unpaired) electrons. The standard InChI is InChI=1S/C4H10O.W/c1-4(2,3)5;/h5H,1-3H3;. The third-order valence-electron chi connectivity index (χ3n) is 0. The molecule has 0 amide bonds. The molecule has 0 saturated heterocycles. The van der Waals surface area contributed by atoms with Gasteiger partial charge in [0.2, 0.25) is 0 Å². The third kappa shape index (κ3) is 147. The maximum atomic E-state index is 8.52. The van der Waals surface area contributed by atoms with Crippen LogP contribution in [0.15, 0.2) is 0 Å². The van der Waals surface area contributed by atoms with E-state index < -0.39 is 5.60 Å². The van der Waals surface area contributed by atoms with Gasteiger partial charge in [-0.2, -0.15) is 0 Å². The normalized spacial score (nSPS) is 10.0. The molecule has 0 fully saturated rings. The first kappa shape index (κ1) is 9.82. The van der Waals surface area contributed by atoms with Gasteiger partial charge in [-0.1, -0.05) is 0 Å². The van der Waals surface area contributed by atoms with Crippen molar-refractivity contribution in [3.63, 3.8) is 0 Å². The minimum atomic E-state index is -0.500. The largest absolute Gasteiger partial charge is 0.391 e. The van der Waals surface area contributed by atoms with E-state index >= 15 is 0 Å². The van der Waals surface area contributed by atoms with Crippen molar-refractivity contribution < 1.29 is 26.2 Å². The summed E-state index contributed by atoms with van der Waals surface area (Å²) in [4.78, 5) is 0. The molecule has 6 heavy (non-hydrogen) atoms. The maximum Gasteiger partial charge on any atom is 0.0563 e. The van der Waals surface area contributed by atoms with Crippen LogP contribution < -0.4 is 0 Å². The van der Waals surface area contributed by atoms with Gasteiger partial charge in [0.1, 0.15) is 0 Å². The molecular weight excluding hydrogens is 248 g/mol. The first-order valence-electron chi connectivity index (χ1n) is 1.72. The van der Waals surface area contributed by atoms with E-state index in [1.807, 2.05) is 0 Å². The molecule has 0 aromatic rings. The van der Waals surface area contributed by atoms with Crippen LogP contribution in [0.3, 0.4) is 0 Å². The molecule has 0 atom stereocenters. The molecule has 0 saturated carbocycles. The zero-order valence-corrected chi connectivity index (χ0v) is 7.29. The maximum absolute atomic E-state index is 8.52. The smallest absolute Gasteiger partial charge is 0.0563 e. The molecule has 0 aliphatic carbocycles. The summed E-state index contributed by atoms with van der Waals surface area (Å²) in [5, 5.41) is 8.52. The van der Waals surface area contributed by atoms with Gasteiger partial charge in [-0.15, -0.1) is 0 Å². The van der Waals surface area contributed by atoms with Crippen LogP contribution in [-0.2, 0) is 21.1 Å². The summed E-state index contributed by atoms with van der Waals surface area (Å²) in [5.74, 6) is 0. The SMILES string of the molecule is CC(C)(C)O.[W]. The summed E-state index contributed by atoms with van der Waals surface area (Å²) in [6.07, 6.45) is 0. The molecule has 0 aliphatic rings. The van der Waals surface area contributed by atoms with Crippen molar-refractivity contribution in [2.45, 2.75) is 26.4 Å². The van der Waals surface area contributed by atoms with Crippen molar-refractivity contribution in [3.05, 3.63) is 0 Å². The molecule has 0 aromatic carbocycles. The Morgan fingerprint density at radius 2 is 1.17 bits per heavy atom. The van der Waals surface area contributed by atoms with Gasteiger partial charge < -0.3 is 5.11 Å². The van der Waals surface area contributed by atoms with Crippen LogP contribution in [0.5, 0.6) is 0 Å². The van der Waals surface area contributed by atoms with E-state index in [9.17, 15) is 0 Å². The number of hydrogen-bond acceptors (Lipinski definition) is 1. The van der Waals surface area contributed by atoms with Crippen LogP contribution >= 0.6 is 0 Å². The van der Waals surface area contributed by atoms with Crippen LogP contribution in [0.2, 0.25) is 0 Å². The van der Waals surface area contributed by atoms with Gasteiger partial charge in [0.05, 0.1) is 5.60 Å². The Hall–Kier alpha value is 0.648. The second-order valence-corrected chi connectivity index (χ2v) is 2.17. The van der Waals surface area contributed by atoms with E-state index in [2.05, 4.69) is 0 Å². The molecule has 0 bridgehead atoms. The van der Waals surface area contributed by atoms with Gasteiger partial charge in [-0.05, 0) is 20.8 Å². The summed E-state index contributed by atoms with van der Waals surface area (Å²) >= 11 is 0. The zero-order chi connectivity index (χ0) is 4.50. The van der Waals surface area contributed by atoms with Gasteiger partial charge in [-0.25, -0.2) is 0 Å².